The van der Waals surface area contributed by atoms with Crippen LogP contribution < -0.4 is 14.8 Å². The van der Waals surface area contributed by atoms with Gasteiger partial charge in [0.2, 0.25) is 5.91 Å². The third-order valence-corrected chi connectivity index (χ3v) is 4.15. The van der Waals surface area contributed by atoms with Gasteiger partial charge in [-0.2, -0.15) is 0 Å². The van der Waals surface area contributed by atoms with Gasteiger partial charge in [-0.05, 0) is 36.6 Å². The smallest absolute Gasteiger partial charge is 0.220 e. The molecular weight excluding hydrogens is 326 g/mol. The summed E-state index contributed by atoms with van der Waals surface area (Å²) in [5.74, 6) is 1.23. The number of fused-ring (bicyclic) bond motifs is 1. The highest BCUT2D eigenvalue weighted by molar-refractivity contribution is 6.32. The highest BCUT2D eigenvalue weighted by atomic mass is 35.5. The lowest BCUT2D eigenvalue weighted by molar-refractivity contribution is -0.121. The van der Waals surface area contributed by atoms with Gasteiger partial charge in [-0.1, -0.05) is 41.4 Å². The molecule has 1 amide bonds. The Kier molecular flexibility index (Phi) is 5.26. The van der Waals surface area contributed by atoms with Crippen LogP contribution in [0.15, 0.2) is 36.4 Å². The van der Waals surface area contributed by atoms with E-state index in [1.54, 1.807) is 6.07 Å². The number of hydrogen-bond acceptors (Lipinski definition) is 3. The molecular formula is C19H20ClNO3. The van der Waals surface area contributed by atoms with E-state index in [1.807, 2.05) is 18.2 Å². The molecule has 1 aliphatic heterocycles. The van der Waals surface area contributed by atoms with Crippen LogP contribution in [0.2, 0.25) is 5.02 Å². The lowest BCUT2D eigenvalue weighted by Crippen LogP contribution is -2.23. The van der Waals surface area contributed by atoms with Crippen LogP contribution in [-0.4, -0.2) is 19.1 Å². The molecule has 0 spiro atoms. The Morgan fingerprint density at radius 1 is 1.17 bits per heavy atom. The first-order chi connectivity index (χ1) is 11.6. The number of ether oxygens (including phenoxy) is 2. The average Bonchev–Trinajstić information content (AvgIpc) is 2.58. The van der Waals surface area contributed by atoms with Crippen molar-refractivity contribution < 1.29 is 14.3 Å². The topological polar surface area (TPSA) is 47.6 Å². The molecule has 0 aromatic heterocycles. The van der Waals surface area contributed by atoms with Gasteiger partial charge in [-0.3, -0.25) is 4.79 Å². The number of aryl methyl sites for hydroxylation is 2. The molecule has 0 bridgehead atoms. The predicted octanol–water partition coefficient (Wildman–Crippen LogP) is 3.67. The van der Waals surface area contributed by atoms with Gasteiger partial charge >= 0.3 is 0 Å². The van der Waals surface area contributed by atoms with Crippen molar-refractivity contribution in [2.24, 2.45) is 0 Å². The van der Waals surface area contributed by atoms with Crippen LogP contribution in [0.1, 0.15) is 23.1 Å². The number of hydrogen-bond donors (Lipinski definition) is 1. The molecule has 0 fully saturated rings. The highest BCUT2D eigenvalue weighted by Crippen LogP contribution is 2.38. The van der Waals surface area contributed by atoms with Gasteiger partial charge < -0.3 is 14.8 Å². The van der Waals surface area contributed by atoms with Gasteiger partial charge in [0, 0.05) is 13.0 Å². The summed E-state index contributed by atoms with van der Waals surface area (Å²) in [5.41, 5.74) is 3.28. The zero-order valence-corrected chi connectivity index (χ0v) is 14.4. The van der Waals surface area contributed by atoms with E-state index in [-0.39, 0.29) is 5.91 Å². The van der Waals surface area contributed by atoms with Gasteiger partial charge in [0.15, 0.2) is 11.5 Å². The second-order valence-electron chi connectivity index (χ2n) is 5.87. The molecule has 2 aromatic rings. The standard InChI is InChI=1S/C19H20ClNO3/c1-13-3-2-4-14(9-13)5-6-18(22)21-12-15-10-16(20)19-17(11-15)23-7-8-24-19/h2-4,9-11H,5-8,12H2,1H3,(H,21,22). The minimum atomic E-state index is 0.0162. The van der Waals surface area contributed by atoms with E-state index >= 15 is 0 Å². The summed E-state index contributed by atoms with van der Waals surface area (Å²) in [7, 11) is 0. The largest absolute Gasteiger partial charge is 0.486 e. The van der Waals surface area contributed by atoms with Gasteiger partial charge in [-0.25, -0.2) is 0 Å². The van der Waals surface area contributed by atoms with Crippen LogP contribution >= 0.6 is 11.6 Å². The molecule has 126 valence electrons. The van der Waals surface area contributed by atoms with Crippen LogP contribution in [-0.2, 0) is 17.8 Å². The van der Waals surface area contributed by atoms with E-state index in [1.165, 1.54) is 11.1 Å². The summed E-state index contributed by atoms with van der Waals surface area (Å²) in [6.45, 7) is 3.48. The van der Waals surface area contributed by atoms with Crippen LogP contribution in [0, 0.1) is 6.92 Å². The molecule has 0 atom stereocenters. The van der Waals surface area contributed by atoms with Crippen LogP contribution in [0.5, 0.6) is 11.5 Å². The number of halogens is 1. The fraction of sp³-hybridized carbons (Fsp3) is 0.316. The Hall–Kier alpha value is -2.20. The molecule has 0 saturated carbocycles. The molecule has 3 rings (SSSR count). The van der Waals surface area contributed by atoms with E-state index in [0.29, 0.717) is 42.7 Å². The lowest BCUT2D eigenvalue weighted by Gasteiger charge is -2.20. The van der Waals surface area contributed by atoms with Gasteiger partial charge in [0.05, 0.1) is 5.02 Å². The SMILES string of the molecule is Cc1cccc(CCC(=O)NCc2cc(Cl)c3c(c2)OCCO3)c1. The Balaban J connectivity index is 1.53. The first-order valence-corrected chi connectivity index (χ1v) is 8.40. The molecule has 0 saturated heterocycles. The van der Waals surface area contributed by atoms with Crippen LogP contribution in [0.4, 0.5) is 0 Å². The van der Waals surface area contributed by atoms with Crippen molar-refractivity contribution in [1.29, 1.82) is 0 Å². The van der Waals surface area contributed by atoms with Crippen molar-refractivity contribution in [3.05, 3.63) is 58.1 Å². The average molecular weight is 346 g/mol. The van der Waals surface area contributed by atoms with E-state index in [0.717, 1.165) is 12.0 Å². The zero-order valence-electron chi connectivity index (χ0n) is 13.6. The van der Waals surface area contributed by atoms with E-state index < -0.39 is 0 Å². The van der Waals surface area contributed by atoms with E-state index in [2.05, 4.69) is 24.4 Å². The summed E-state index contributed by atoms with van der Waals surface area (Å²) in [5, 5.41) is 3.43. The first kappa shape index (κ1) is 16.7. The maximum Gasteiger partial charge on any atom is 0.220 e. The summed E-state index contributed by atoms with van der Waals surface area (Å²) >= 11 is 6.20. The predicted molar refractivity (Wildman–Crippen MR) is 93.8 cm³/mol. The normalized spacial score (nSPS) is 12.8. The maximum atomic E-state index is 12.0. The Labute approximate surface area is 146 Å². The Morgan fingerprint density at radius 2 is 2.00 bits per heavy atom. The van der Waals surface area contributed by atoms with Crippen molar-refractivity contribution in [1.82, 2.24) is 5.32 Å². The van der Waals surface area contributed by atoms with Gasteiger partial charge in [0.25, 0.3) is 0 Å². The fourth-order valence-corrected chi connectivity index (χ4v) is 2.97. The minimum Gasteiger partial charge on any atom is -0.486 e. The van der Waals surface area contributed by atoms with Crippen molar-refractivity contribution in [2.75, 3.05) is 13.2 Å². The second kappa shape index (κ2) is 7.58. The van der Waals surface area contributed by atoms with E-state index in [4.69, 9.17) is 21.1 Å². The number of carbonyl (C=O) groups is 1. The van der Waals surface area contributed by atoms with Crippen molar-refractivity contribution in [3.8, 4) is 11.5 Å². The first-order valence-electron chi connectivity index (χ1n) is 8.02. The monoisotopic (exact) mass is 345 g/mol. The molecule has 0 radical (unpaired) electrons. The maximum absolute atomic E-state index is 12.0. The molecule has 2 aromatic carbocycles. The summed E-state index contributed by atoms with van der Waals surface area (Å²) in [6.07, 6.45) is 1.19. The number of rotatable bonds is 5. The lowest BCUT2D eigenvalue weighted by atomic mass is 10.1. The third-order valence-electron chi connectivity index (χ3n) is 3.87. The molecule has 1 aliphatic rings. The number of carbonyl (C=O) groups excluding carboxylic acids is 1. The summed E-state index contributed by atoms with van der Waals surface area (Å²) in [6, 6.07) is 11.9. The van der Waals surface area contributed by atoms with Crippen LogP contribution in [0.3, 0.4) is 0 Å². The molecule has 4 nitrogen and oxygen atoms in total. The molecule has 24 heavy (non-hydrogen) atoms. The summed E-state index contributed by atoms with van der Waals surface area (Å²) in [4.78, 5) is 12.0. The minimum absolute atomic E-state index is 0.0162. The molecule has 5 heteroatoms. The Morgan fingerprint density at radius 3 is 2.83 bits per heavy atom. The molecule has 0 aliphatic carbocycles. The molecule has 1 heterocycles. The van der Waals surface area contributed by atoms with E-state index in [9.17, 15) is 4.79 Å². The number of amides is 1. The zero-order chi connectivity index (χ0) is 16.9. The van der Waals surface area contributed by atoms with Crippen molar-refractivity contribution >= 4 is 17.5 Å². The van der Waals surface area contributed by atoms with Crippen molar-refractivity contribution in [2.45, 2.75) is 26.3 Å². The summed E-state index contributed by atoms with van der Waals surface area (Å²) < 4.78 is 11.0. The van der Waals surface area contributed by atoms with Gasteiger partial charge in [0.1, 0.15) is 13.2 Å². The molecule has 0 unspecified atom stereocenters. The second-order valence-corrected chi connectivity index (χ2v) is 6.27. The number of nitrogens with one attached hydrogen (secondary N) is 1. The Bertz CT molecular complexity index is 745. The van der Waals surface area contributed by atoms with Gasteiger partial charge in [-0.15, -0.1) is 0 Å². The third kappa shape index (κ3) is 4.20. The quantitative estimate of drug-likeness (QED) is 0.899. The van der Waals surface area contributed by atoms with Crippen molar-refractivity contribution in [3.63, 3.8) is 0 Å². The fourth-order valence-electron chi connectivity index (χ4n) is 2.68. The molecule has 1 N–H and O–H groups in total. The van der Waals surface area contributed by atoms with Crippen LogP contribution in [0.25, 0.3) is 0 Å². The highest BCUT2D eigenvalue weighted by Gasteiger charge is 2.16. The number of benzene rings is 2.